The van der Waals surface area contributed by atoms with Gasteiger partial charge in [0, 0.05) is 24.1 Å². The van der Waals surface area contributed by atoms with Crippen LogP contribution < -0.4 is 5.73 Å². The van der Waals surface area contributed by atoms with Crippen LogP contribution in [0.15, 0.2) is 24.3 Å². The van der Waals surface area contributed by atoms with Crippen LogP contribution in [0.3, 0.4) is 0 Å². The molecule has 0 aliphatic rings. The van der Waals surface area contributed by atoms with Crippen LogP contribution in [0.2, 0.25) is 0 Å². The number of aryl methyl sites for hydroxylation is 1. The number of nitrogens with zero attached hydrogens (tertiary/aromatic N) is 1. The summed E-state index contributed by atoms with van der Waals surface area (Å²) >= 11 is 1.92. The van der Waals surface area contributed by atoms with Crippen LogP contribution in [0, 0.1) is 6.92 Å². The van der Waals surface area contributed by atoms with Gasteiger partial charge in [0.2, 0.25) is 0 Å². The van der Waals surface area contributed by atoms with Crippen LogP contribution in [0.1, 0.15) is 17.2 Å². The van der Waals surface area contributed by atoms with E-state index in [9.17, 15) is 0 Å². The number of rotatable bonds is 6. The molecule has 1 aromatic carbocycles. The summed E-state index contributed by atoms with van der Waals surface area (Å²) in [6.07, 6.45) is 0. The van der Waals surface area contributed by atoms with Gasteiger partial charge in [-0.2, -0.15) is 11.8 Å². The van der Waals surface area contributed by atoms with Gasteiger partial charge in [-0.1, -0.05) is 29.8 Å². The Hall–Kier alpha value is -0.510. The van der Waals surface area contributed by atoms with E-state index in [1.807, 2.05) is 11.8 Å². The largest absolute Gasteiger partial charge is 0.323 e. The molecule has 0 saturated carbocycles. The first kappa shape index (κ1) is 13.6. The smallest absolute Gasteiger partial charge is 0.0386 e. The van der Waals surface area contributed by atoms with Crippen molar-refractivity contribution in [2.45, 2.75) is 13.0 Å². The lowest BCUT2D eigenvalue weighted by Crippen LogP contribution is -2.17. The maximum atomic E-state index is 6.13. The first-order valence-electron chi connectivity index (χ1n) is 5.64. The van der Waals surface area contributed by atoms with Crippen LogP contribution in [0.25, 0.3) is 0 Å². The van der Waals surface area contributed by atoms with Crippen molar-refractivity contribution in [3.05, 3.63) is 35.4 Å². The maximum Gasteiger partial charge on any atom is 0.0386 e. The fraction of sp³-hybridized carbons (Fsp3) is 0.538. The van der Waals surface area contributed by atoms with Crippen molar-refractivity contribution in [2.75, 3.05) is 32.1 Å². The van der Waals surface area contributed by atoms with Gasteiger partial charge in [0.1, 0.15) is 0 Å². The second-order valence-corrected chi connectivity index (χ2v) is 5.55. The summed E-state index contributed by atoms with van der Waals surface area (Å²) < 4.78 is 0. The van der Waals surface area contributed by atoms with Gasteiger partial charge in [0.05, 0.1) is 0 Å². The van der Waals surface area contributed by atoms with E-state index >= 15 is 0 Å². The Balaban J connectivity index is 2.29. The SMILES string of the molecule is Cc1ccc(C(N)CSCCN(C)C)cc1. The number of hydrogen-bond acceptors (Lipinski definition) is 3. The van der Waals surface area contributed by atoms with Crippen molar-refractivity contribution in [3.8, 4) is 0 Å². The maximum absolute atomic E-state index is 6.13. The predicted octanol–water partition coefficient (Wildman–Crippen LogP) is 2.29. The molecular weight excluding hydrogens is 216 g/mol. The van der Waals surface area contributed by atoms with Crippen molar-refractivity contribution >= 4 is 11.8 Å². The Morgan fingerprint density at radius 2 is 1.88 bits per heavy atom. The van der Waals surface area contributed by atoms with Gasteiger partial charge in [-0.3, -0.25) is 0 Å². The van der Waals surface area contributed by atoms with E-state index in [1.165, 1.54) is 11.1 Å². The third-order valence-electron chi connectivity index (χ3n) is 2.49. The van der Waals surface area contributed by atoms with E-state index in [1.54, 1.807) is 0 Å². The second kappa shape index (κ2) is 6.94. The minimum Gasteiger partial charge on any atom is -0.323 e. The van der Waals surface area contributed by atoms with Crippen molar-refractivity contribution < 1.29 is 0 Å². The Morgan fingerprint density at radius 3 is 2.44 bits per heavy atom. The normalized spacial score (nSPS) is 13.1. The van der Waals surface area contributed by atoms with Crippen molar-refractivity contribution in [1.82, 2.24) is 4.90 Å². The number of nitrogens with two attached hydrogens (primary N) is 1. The first-order valence-corrected chi connectivity index (χ1v) is 6.79. The third kappa shape index (κ3) is 5.01. The van der Waals surface area contributed by atoms with E-state index in [0.29, 0.717) is 0 Å². The quantitative estimate of drug-likeness (QED) is 0.771. The van der Waals surface area contributed by atoms with Crippen molar-refractivity contribution in [3.63, 3.8) is 0 Å². The molecule has 0 bridgehead atoms. The van der Waals surface area contributed by atoms with Gasteiger partial charge < -0.3 is 10.6 Å². The van der Waals surface area contributed by atoms with Gasteiger partial charge in [-0.25, -0.2) is 0 Å². The van der Waals surface area contributed by atoms with Crippen molar-refractivity contribution in [2.24, 2.45) is 5.73 Å². The van der Waals surface area contributed by atoms with Crippen LogP contribution in [0.4, 0.5) is 0 Å². The fourth-order valence-electron chi connectivity index (χ4n) is 1.37. The lowest BCUT2D eigenvalue weighted by molar-refractivity contribution is 0.437. The van der Waals surface area contributed by atoms with Crippen LogP contribution in [-0.2, 0) is 0 Å². The monoisotopic (exact) mass is 238 g/mol. The fourth-order valence-corrected chi connectivity index (χ4v) is 2.47. The molecule has 0 fully saturated rings. The van der Waals surface area contributed by atoms with Gasteiger partial charge in [-0.15, -0.1) is 0 Å². The van der Waals surface area contributed by atoms with Crippen molar-refractivity contribution in [1.29, 1.82) is 0 Å². The lowest BCUT2D eigenvalue weighted by atomic mass is 10.1. The molecule has 0 radical (unpaired) electrons. The van der Waals surface area contributed by atoms with Crippen LogP contribution in [-0.4, -0.2) is 37.0 Å². The minimum absolute atomic E-state index is 0.160. The molecule has 1 unspecified atom stereocenters. The average molecular weight is 238 g/mol. The zero-order chi connectivity index (χ0) is 12.0. The molecule has 2 nitrogen and oxygen atoms in total. The van der Waals surface area contributed by atoms with Gasteiger partial charge in [0.25, 0.3) is 0 Å². The predicted molar refractivity (Wildman–Crippen MR) is 74.0 cm³/mol. The van der Waals surface area contributed by atoms with E-state index in [-0.39, 0.29) is 6.04 Å². The highest BCUT2D eigenvalue weighted by Crippen LogP contribution is 2.16. The summed E-state index contributed by atoms with van der Waals surface area (Å²) in [6.45, 7) is 3.21. The molecule has 0 heterocycles. The highest BCUT2D eigenvalue weighted by atomic mass is 32.2. The Kier molecular flexibility index (Phi) is 5.88. The number of hydrogen-bond donors (Lipinski definition) is 1. The van der Waals surface area contributed by atoms with Gasteiger partial charge >= 0.3 is 0 Å². The van der Waals surface area contributed by atoms with Crippen LogP contribution >= 0.6 is 11.8 Å². The van der Waals surface area contributed by atoms with E-state index in [2.05, 4.69) is 50.2 Å². The summed E-state index contributed by atoms with van der Waals surface area (Å²) in [6, 6.07) is 8.67. The molecule has 1 rings (SSSR count). The molecule has 0 spiro atoms. The summed E-state index contributed by atoms with van der Waals surface area (Å²) in [5.41, 5.74) is 8.65. The third-order valence-corrected chi connectivity index (χ3v) is 3.55. The molecule has 1 atom stereocenters. The molecule has 16 heavy (non-hydrogen) atoms. The van der Waals surface area contributed by atoms with Gasteiger partial charge in [-0.05, 0) is 26.6 Å². The summed E-state index contributed by atoms with van der Waals surface area (Å²) in [5.74, 6) is 2.14. The molecular formula is C13H22N2S. The molecule has 0 amide bonds. The Morgan fingerprint density at radius 1 is 1.25 bits per heavy atom. The standard InChI is InChI=1S/C13H22N2S/c1-11-4-6-12(7-5-11)13(14)10-16-9-8-15(2)3/h4-7,13H,8-10,14H2,1-3H3. The summed E-state index contributed by atoms with van der Waals surface area (Å²) in [5, 5.41) is 0. The zero-order valence-corrected chi connectivity index (χ0v) is 11.3. The average Bonchev–Trinajstić information content (AvgIpc) is 2.25. The van der Waals surface area contributed by atoms with Gasteiger partial charge in [0.15, 0.2) is 0 Å². The molecule has 0 saturated heterocycles. The molecule has 3 heteroatoms. The number of benzene rings is 1. The first-order chi connectivity index (χ1) is 7.59. The molecule has 90 valence electrons. The highest BCUT2D eigenvalue weighted by molar-refractivity contribution is 7.99. The summed E-state index contributed by atoms with van der Waals surface area (Å²) in [4.78, 5) is 2.20. The lowest BCUT2D eigenvalue weighted by Gasteiger charge is -2.13. The zero-order valence-electron chi connectivity index (χ0n) is 10.4. The molecule has 0 aromatic heterocycles. The van der Waals surface area contributed by atoms with E-state index in [4.69, 9.17) is 5.73 Å². The molecule has 0 aliphatic heterocycles. The minimum atomic E-state index is 0.160. The summed E-state index contributed by atoms with van der Waals surface area (Å²) in [7, 11) is 4.20. The molecule has 0 aliphatic carbocycles. The molecule has 1 aromatic rings. The topological polar surface area (TPSA) is 29.3 Å². The number of thioether (sulfide) groups is 1. The molecule has 2 N–H and O–H groups in total. The Labute approximate surface area is 103 Å². The van der Waals surface area contributed by atoms with E-state index < -0.39 is 0 Å². The van der Waals surface area contributed by atoms with Crippen LogP contribution in [0.5, 0.6) is 0 Å². The highest BCUT2D eigenvalue weighted by Gasteiger charge is 2.05. The van der Waals surface area contributed by atoms with E-state index in [0.717, 1.165) is 18.1 Å². The Bertz CT molecular complexity index is 295. The second-order valence-electron chi connectivity index (χ2n) is 4.40.